The van der Waals surface area contributed by atoms with Crippen LogP contribution in [0.3, 0.4) is 0 Å². The molecule has 0 spiro atoms. The highest BCUT2D eigenvalue weighted by molar-refractivity contribution is 6.02. The minimum absolute atomic E-state index is 0. The SMILES string of the molecule is C.C.O=C1COc2cc(O)ccc21.Oc1ccc2c(c1)OCC2O.Oc1ccc2ccoc2c1. The summed E-state index contributed by atoms with van der Waals surface area (Å²) in [5, 5.41) is 37.3. The van der Waals surface area contributed by atoms with E-state index in [0.29, 0.717) is 23.7 Å². The Morgan fingerprint density at radius 2 is 1.41 bits per heavy atom. The van der Waals surface area contributed by atoms with E-state index >= 15 is 0 Å². The van der Waals surface area contributed by atoms with Crippen LogP contribution in [0.1, 0.15) is 36.9 Å². The largest absolute Gasteiger partial charge is 0.508 e. The van der Waals surface area contributed by atoms with Gasteiger partial charge in [0, 0.05) is 29.1 Å². The van der Waals surface area contributed by atoms with E-state index in [2.05, 4.69) is 0 Å². The van der Waals surface area contributed by atoms with Gasteiger partial charge in [0.15, 0.2) is 6.61 Å². The van der Waals surface area contributed by atoms with E-state index in [1.165, 1.54) is 24.3 Å². The molecule has 180 valence electrons. The van der Waals surface area contributed by atoms with Crippen LogP contribution in [0.25, 0.3) is 11.0 Å². The quantitative estimate of drug-likeness (QED) is 0.277. The molecule has 0 fully saturated rings. The minimum atomic E-state index is -0.536. The number of ether oxygens (including phenoxy) is 2. The maximum Gasteiger partial charge on any atom is 0.203 e. The molecular formula is C26H28O8. The highest BCUT2D eigenvalue weighted by Crippen LogP contribution is 2.34. The highest BCUT2D eigenvalue weighted by Gasteiger charge is 2.21. The van der Waals surface area contributed by atoms with E-state index in [1.54, 1.807) is 30.5 Å². The third-order valence-electron chi connectivity index (χ3n) is 4.82. The number of hydrogen-bond acceptors (Lipinski definition) is 8. The molecule has 8 nitrogen and oxygen atoms in total. The normalized spacial score (nSPS) is 14.5. The fourth-order valence-corrected chi connectivity index (χ4v) is 3.21. The summed E-state index contributed by atoms with van der Waals surface area (Å²) in [7, 11) is 0. The van der Waals surface area contributed by atoms with Crippen LogP contribution in [0.2, 0.25) is 0 Å². The molecule has 3 aromatic carbocycles. The molecule has 2 aliphatic heterocycles. The maximum absolute atomic E-state index is 11.0. The van der Waals surface area contributed by atoms with E-state index in [9.17, 15) is 9.90 Å². The number of rotatable bonds is 0. The highest BCUT2D eigenvalue weighted by atomic mass is 16.5. The lowest BCUT2D eigenvalue weighted by atomic mass is 10.1. The van der Waals surface area contributed by atoms with Gasteiger partial charge < -0.3 is 34.3 Å². The average Bonchev–Trinajstić information content (AvgIpc) is 3.48. The molecule has 0 radical (unpaired) electrons. The summed E-state index contributed by atoms with van der Waals surface area (Å²) < 4.78 is 15.1. The van der Waals surface area contributed by atoms with Crippen molar-refractivity contribution in [3.8, 4) is 28.7 Å². The Hall–Kier alpha value is -4.17. The lowest BCUT2D eigenvalue weighted by Gasteiger charge is -1.98. The number of fused-ring (bicyclic) bond motifs is 3. The summed E-state index contributed by atoms with van der Waals surface area (Å²) in [6, 6.07) is 16.1. The van der Waals surface area contributed by atoms with Crippen LogP contribution in [-0.2, 0) is 0 Å². The van der Waals surface area contributed by atoms with Crippen molar-refractivity contribution in [2.24, 2.45) is 0 Å². The molecule has 0 saturated carbocycles. The van der Waals surface area contributed by atoms with Crippen LogP contribution < -0.4 is 9.47 Å². The number of ketones is 1. The van der Waals surface area contributed by atoms with Gasteiger partial charge in [0.2, 0.25) is 5.78 Å². The van der Waals surface area contributed by atoms with Crippen LogP contribution in [-0.4, -0.2) is 39.4 Å². The molecule has 34 heavy (non-hydrogen) atoms. The van der Waals surface area contributed by atoms with Crippen LogP contribution in [0, 0.1) is 0 Å². The lowest BCUT2D eigenvalue weighted by molar-refractivity contribution is 0.0961. The summed E-state index contributed by atoms with van der Waals surface area (Å²) in [6.45, 7) is 0.386. The first kappa shape index (κ1) is 26.1. The van der Waals surface area contributed by atoms with Crippen molar-refractivity contribution < 1.29 is 39.1 Å². The zero-order chi connectivity index (χ0) is 22.7. The first-order chi connectivity index (χ1) is 15.4. The second kappa shape index (κ2) is 11.1. The third kappa shape index (κ3) is 5.79. The van der Waals surface area contributed by atoms with Crippen molar-refractivity contribution in [2.45, 2.75) is 21.0 Å². The predicted molar refractivity (Wildman–Crippen MR) is 128 cm³/mol. The van der Waals surface area contributed by atoms with Gasteiger partial charge in [0.05, 0.1) is 11.8 Å². The Bertz CT molecular complexity index is 1260. The third-order valence-corrected chi connectivity index (χ3v) is 4.82. The zero-order valence-corrected chi connectivity index (χ0v) is 16.8. The van der Waals surface area contributed by atoms with Gasteiger partial charge in [0.25, 0.3) is 0 Å². The standard InChI is InChI=1S/C8H8O3.C8H6O3.C8H6O2.2CH4/c2*9-5-1-2-6-7(10)4-11-8(6)3-5;9-7-2-1-6-3-4-10-8(6)5-7;;/h1-3,7,9-10H,4H2;1-3,9H,4H2;1-5,9H;2*1H4. The molecule has 4 N–H and O–H groups in total. The van der Waals surface area contributed by atoms with Crippen molar-refractivity contribution in [1.29, 1.82) is 0 Å². The van der Waals surface area contributed by atoms with Crippen LogP contribution in [0.4, 0.5) is 0 Å². The molecule has 0 bridgehead atoms. The summed E-state index contributed by atoms with van der Waals surface area (Å²) in [5.74, 6) is 1.56. The zero-order valence-electron chi connectivity index (χ0n) is 16.8. The monoisotopic (exact) mass is 468 g/mol. The van der Waals surface area contributed by atoms with Gasteiger partial charge in [-0.25, -0.2) is 0 Å². The van der Waals surface area contributed by atoms with Crippen molar-refractivity contribution in [1.82, 2.24) is 0 Å². The van der Waals surface area contributed by atoms with Gasteiger partial charge in [0.1, 0.15) is 47.0 Å². The number of aliphatic hydroxyl groups excluding tert-OH is 1. The summed E-state index contributed by atoms with van der Waals surface area (Å²) in [4.78, 5) is 11.0. The number of aliphatic hydroxyl groups is 1. The van der Waals surface area contributed by atoms with E-state index < -0.39 is 6.10 Å². The van der Waals surface area contributed by atoms with Gasteiger partial charge in [-0.05, 0) is 42.5 Å². The van der Waals surface area contributed by atoms with Crippen molar-refractivity contribution >= 4 is 16.8 Å². The van der Waals surface area contributed by atoms with E-state index in [4.69, 9.17) is 29.2 Å². The number of benzene rings is 3. The molecule has 0 saturated heterocycles. The van der Waals surface area contributed by atoms with Gasteiger partial charge in [-0.15, -0.1) is 0 Å². The van der Waals surface area contributed by atoms with E-state index in [0.717, 1.165) is 16.5 Å². The molecule has 3 heterocycles. The van der Waals surface area contributed by atoms with E-state index in [-0.39, 0.29) is 44.5 Å². The summed E-state index contributed by atoms with van der Waals surface area (Å²) in [5.41, 5.74) is 2.03. The van der Waals surface area contributed by atoms with Crippen LogP contribution >= 0.6 is 0 Å². The van der Waals surface area contributed by atoms with Crippen LogP contribution in [0.15, 0.2) is 71.3 Å². The topological polar surface area (TPSA) is 130 Å². The Morgan fingerprint density at radius 1 is 0.765 bits per heavy atom. The molecular weight excluding hydrogens is 440 g/mol. The fraction of sp³-hybridized carbons (Fsp3) is 0.192. The van der Waals surface area contributed by atoms with Crippen molar-refractivity contribution in [3.63, 3.8) is 0 Å². The number of hydrogen-bond donors (Lipinski definition) is 4. The number of Topliss-reactive ketones (excluding diaryl/α,β-unsaturated/α-hetero) is 1. The molecule has 6 rings (SSSR count). The molecule has 2 aliphatic rings. The molecule has 4 aromatic rings. The first-order valence-corrected chi connectivity index (χ1v) is 9.70. The maximum atomic E-state index is 11.0. The Labute approximate surface area is 197 Å². The number of carbonyl (C=O) groups excluding carboxylic acids is 1. The molecule has 1 aromatic heterocycles. The molecule has 8 heteroatoms. The number of aromatic hydroxyl groups is 3. The van der Waals surface area contributed by atoms with E-state index in [1.807, 2.05) is 12.1 Å². The second-order valence-electron chi connectivity index (χ2n) is 7.08. The second-order valence-corrected chi connectivity index (χ2v) is 7.08. The molecule has 1 unspecified atom stereocenters. The minimum Gasteiger partial charge on any atom is -0.508 e. The lowest BCUT2D eigenvalue weighted by Crippen LogP contribution is -1.98. The predicted octanol–water partition coefficient (Wildman–Crippen LogP) is 5.20. The molecule has 0 aliphatic carbocycles. The van der Waals surface area contributed by atoms with Gasteiger partial charge >= 0.3 is 0 Å². The van der Waals surface area contributed by atoms with Gasteiger partial charge in [-0.3, -0.25) is 4.79 Å². The number of carbonyl (C=O) groups is 1. The van der Waals surface area contributed by atoms with Crippen LogP contribution in [0.5, 0.6) is 28.7 Å². The Morgan fingerprint density at radius 3 is 2.18 bits per heavy atom. The summed E-state index contributed by atoms with van der Waals surface area (Å²) >= 11 is 0. The number of furan rings is 1. The van der Waals surface area contributed by atoms with Crippen molar-refractivity contribution in [2.75, 3.05) is 13.2 Å². The average molecular weight is 469 g/mol. The Balaban J connectivity index is 0.000000175. The molecule has 1 atom stereocenters. The smallest absolute Gasteiger partial charge is 0.203 e. The first-order valence-electron chi connectivity index (χ1n) is 9.70. The molecule has 0 amide bonds. The van der Waals surface area contributed by atoms with Gasteiger partial charge in [-0.1, -0.05) is 14.9 Å². The Kier molecular flexibility index (Phi) is 8.52. The fourth-order valence-electron chi connectivity index (χ4n) is 3.21. The number of phenolic OH excluding ortho intramolecular Hbond substituents is 3. The van der Waals surface area contributed by atoms with Gasteiger partial charge in [-0.2, -0.15) is 0 Å². The number of phenols is 3. The van der Waals surface area contributed by atoms with Crippen molar-refractivity contribution in [3.05, 3.63) is 78.1 Å². The summed E-state index contributed by atoms with van der Waals surface area (Å²) in [6.07, 6.45) is 1.06.